The predicted molar refractivity (Wildman–Crippen MR) is 38.6 cm³/mol. The molecule has 0 amide bonds. The molecular weight excluding hydrogens is 98.1 g/mol. The van der Waals surface area contributed by atoms with Gasteiger partial charge in [0.05, 0.1) is 0 Å². The molecule has 0 aliphatic carbocycles. The molecule has 0 bridgehead atoms. The van der Waals surface area contributed by atoms with Gasteiger partial charge in [0.15, 0.2) is 0 Å². The summed E-state index contributed by atoms with van der Waals surface area (Å²) in [6.07, 6.45) is 9.18. The molecule has 0 spiro atoms. The van der Waals surface area contributed by atoms with Crippen LogP contribution in [0.2, 0.25) is 0 Å². The Kier molecular flexibility index (Phi) is 6.52. The second-order valence-corrected chi connectivity index (χ2v) is 1.97. The fraction of sp³-hybridized carbons (Fsp3) is 0.625. The Morgan fingerprint density at radius 3 is 2.88 bits per heavy atom. The minimum Gasteiger partial charge on any atom is -0.103 e. The highest BCUT2D eigenvalue weighted by Crippen LogP contribution is 2.00. The highest BCUT2D eigenvalue weighted by molar-refractivity contribution is 4.85. The summed E-state index contributed by atoms with van der Waals surface area (Å²) in [5.74, 6) is 0. The molecule has 0 fully saturated rings. The number of allylic oxidation sites excluding steroid dienone is 1. The molecule has 8 heavy (non-hydrogen) atoms. The van der Waals surface area contributed by atoms with Gasteiger partial charge < -0.3 is 0 Å². The number of hydrogen-bond acceptors (Lipinski definition) is 0. The van der Waals surface area contributed by atoms with Crippen molar-refractivity contribution in [3.8, 4) is 0 Å². The fourth-order valence-corrected chi connectivity index (χ4v) is 0.630. The summed E-state index contributed by atoms with van der Waals surface area (Å²) in [4.78, 5) is 0. The molecule has 0 saturated heterocycles. The van der Waals surface area contributed by atoms with Gasteiger partial charge in [-0.1, -0.05) is 32.3 Å². The highest BCUT2D eigenvalue weighted by atomic mass is 14.8. The summed E-state index contributed by atoms with van der Waals surface area (Å²) in [7, 11) is 0. The van der Waals surface area contributed by atoms with Crippen LogP contribution in [0.5, 0.6) is 0 Å². The molecule has 0 aromatic rings. The zero-order chi connectivity index (χ0) is 6.24. The Bertz CT molecular complexity index is 46.0. The summed E-state index contributed by atoms with van der Waals surface area (Å²) in [6.45, 7) is 5.82. The molecule has 0 nitrogen and oxygen atoms in total. The van der Waals surface area contributed by atoms with E-state index in [0.29, 0.717) is 0 Å². The topological polar surface area (TPSA) is 0 Å². The third-order valence-electron chi connectivity index (χ3n) is 1.14. The largest absolute Gasteiger partial charge is 0.103 e. The fourth-order valence-electron chi connectivity index (χ4n) is 0.630. The summed E-state index contributed by atoms with van der Waals surface area (Å²) < 4.78 is 0. The molecule has 0 N–H and O–H groups in total. The summed E-state index contributed by atoms with van der Waals surface area (Å²) in [6, 6.07) is 0. The van der Waals surface area contributed by atoms with Crippen molar-refractivity contribution in [1.82, 2.24) is 0 Å². The van der Waals surface area contributed by atoms with Crippen LogP contribution in [0.25, 0.3) is 0 Å². The van der Waals surface area contributed by atoms with Crippen LogP contribution in [0.15, 0.2) is 12.7 Å². The van der Waals surface area contributed by atoms with Gasteiger partial charge in [0.1, 0.15) is 0 Å². The van der Waals surface area contributed by atoms with E-state index < -0.39 is 0 Å². The number of unbranched alkanes of at least 4 members (excludes halogenated alkanes) is 4. The minimum absolute atomic E-state index is 1.21. The van der Waals surface area contributed by atoms with Crippen molar-refractivity contribution >= 4 is 0 Å². The second-order valence-electron chi connectivity index (χ2n) is 1.97. The molecule has 47 valence electrons. The van der Waals surface area contributed by atoms with Gasteiger partial charge in [0.2, 0.25) is 0 Å². The first kappa shape index (κ1) is 7.74. The minimum atomic E-state index is 1.21. The van der Waals surface area contributed by atoms with Crippen LogP contribution in [-0.2, 0) is 0 Å². The molecule has 0 atom stereocenters. The Hall–Kier alpha value is -0.260. The zero-order valence-corrected chi connectivity index (χ0v) is 5.69. The van der Waals surface area contributed by atoms with Gasteiger partial charge in [0, 0.05) is 0 Å². The Labute approximate surface area is 52.6 Å². The molecule has 0 unspecified atom stereocenters. The van der Waals surface area contributed by atoms with Crippen molar-refractivity contribution in [3.63, 3.8) is 0 Å². The van der Waals surface area contributed by atoms with E-state index in [4.69, 9.17) is 0 Å². The zero-order valence-electron chi connectivity index (χ0n) is 5.69. The van der Waals surface area contributed by atoms with Gasteiger partial charge in [-0.2, -0.15) is 0 Å². The lowest BCUT2D eigenvalue weighted by atomic mass is 10.3. The SMILES string of the molecule is C=C[CH][14CH2]CCCC. The highest BCUT2D eigenvalue weighted by Gasteiger charge is 1.81. The Balaban J connectivity index is 2.62. The first-order valence-corrected chi connectivity index (χ1v) is 3.36. The summed E-state index contributed by atoms with van der Waals surface area (Å²) in [5.41, 5.74) is 0. The Morgan fingerprint density at radius 1 is 1.62 bits per heavy atom. The van der Waals surface area contributed by atoms with Gasteiger partial charge in [0.25, 0.3) is 0 Å². The lowest BCUT2D eigenvalue weighted by Gasteiger charge is -1.91. The first-order valence-electron chi connectivity index (χ1n) is 3.36. The van der Waals surface area contributed by atoms with E-state index in [9.17, 15) is 0 Å². The van der Waals surface area contributed by atoms with Gasteiger partial charge in [-0.3, -0.25) is 0 Å². The Morgan fingerprint density at radius 2 is 2.38 bits per heavy atom. The maximum Gasteiger partial charge on any atom is -0.0173 e. The van der Waals surface area contributed by atoms with Crippen molar-refractivity contribution in [1.29, 1.82) is 0 Å². The maximum absolute atomic E-state index is 3.60. The van der Waals surface area contributed by atoms with Gasteiger partial charge in [-0.15, -0.1) is 6.58 Å². The molecule has 0 aromatic heterocycles. The van der Waals surface area contributed by atoms with Crippen molar-refractivity contribution in [2.24, 2.45) is 0 Å². The third kappa shape index (κ3) is 5.74. The van der Waals surface area contributed by atoms with Gasteiger partial charge in [-0.05, 0) is 12.8 Å². The maximum atomic E-state index is 3.60. The van der Waals surface area contributed by atoms with Crippen LogP contribution < -0.4 is 0 Å². The molecule has 1 radical (unpaired) electrons. The van der Waals surface area contributed by atoms with E-state index in [0.717, 1.165) is 0 Å². The average molecular weight is 113 g/mol. The lowest BCUT2D eigenvalue weighted by molar-refractivity contribution is 0.717. The van der Waals surface area contributed by atoms with Crippen molar-refractivity contribution < 1.29 is 0 Å². The average Bonchev–Trinajstić information content (AvgIpc) is 1.81. The van der Waals surface area contributed by atoms with E-state index in [2.05, 4.69) is 19.9 Å². The standard InChI is InChI=1S/C8H15/c1-3-5-7-8-6-4-2/h3,5H,1,4,6-8H2,2H3/i7+2. The molecule has 0 aliphatic heterocycles. The van der Waals surface area contributed by atoms with Crippen LogP contribution >= 0.6 is 0 Å². The third-order valence-corrected chi connectivity index (χ3v) is 1.14. The van der Waals surface area contributed by atoms with E-state index in [-0.39, 0.29) is 0 Å². The van der Waals surface area contributed by atoms with Crippen molar-refractivity contribution in [2.45, 2.75) is 32.6 Å². The van der Waals surface area contributed by atoms with Gasteiger partial charge >= 0.3 is 0 Å². The lowest BCUT2D eigenvalue weighted by Crippen LogP contribution is -1.72. The van der Waals surface area contributed by atoms with E-state index >= 15 is 0 Å². The number of hydrogen-bond donors (Lipinski definition) is 0. The van der Waals surface area contributed by atoms with Crippen molar-refractivity contribution in [3.05, 3.63) is 19.1 Å². The molecule has 0 aromatic carbocycles. The quantitative estimate of drug-likeness (QED) is 0.481. The second kappa shape index (κ2) is 6.74. The number of rotatable bonds is 5. The predicted octanol–water partition coefficient (Wildman–Crippen LogP) is 2.96. The van der Waals surface area contributed by atoms with Gasteiger partial charge in [-0.25, -0.2) is 0 Å². The first-order chi connectivity index (χ1) is 3.91. The van der Waals surface area contributed by atoms with E-state index in [1.54, 1.807) is 0 Å². The van der Waals surface area contributed by atoms with Crippen molar-refractivity contribution in [2.75, 3.05) is 0 Å². The summed E-state index contributed by atoms with van der Waals surface area (Å²) in [5, 5.41) is 0. The van der Waals surface area contributed by atoms with Crippen LogP contribution in [-0.4, -0.2) is 0 Å². The molecule has 0 rings (SSSR count). The van der Waals surface area contributed by atoms with Crippen LogP contribution in [0.1, 0.15) is 32.6 Å². The molecule has 0 heterocycles. The van der Waals surface area contributed by atoms with E-state index in [1.165, 1.54) is 25.7 Å². The monoisotopic (exact) mass is 113 g/mol. The normalized spacial score (nSPS) is 9.12. The molecule has 0 heteroatoms. The smallest absolute Gasteiger partial charge is 0.0173 e. The van der Waals surface area contributed by atoms with Crippen LogP contribution in [0.4, 0.5) is 0 Å². The van der Waals surface area contributed by atoms with Crippen LogP contribution in [0.3, 0.4) is 0 Å². The molecule has 0 saturated carbocycles. The molecular formula is C8H15. The summed E-state index contributed by atoms with van der Waals surface area (Å²) >= 11 is 0. The van der Waals surface area contributed by atoms with Crippen LogP contribution in [0, 0.1) is 6.42 Å². The molecule has 0 aliphatic rings. The van der Waals surface area contributed by atoms with E-state index in [1.807, 2.05) is 6.08 Å².